The molecule has 0 spiro atoms. The van der Waals surface area contributed by atoms with E-state index in [1.807, 2.05) is 0 Å². The first kappa shape index (κ1) is 11.0. The molecule has 0 amide bonds. The molecule has 0 saturated heterocycles. The van der Waals surface area contributed by atoms with Crippen molar-refractivity contribution in [1.29, 1.82) is 0 Å². The van der Waals surface area contributed by atoms with Gasteiger partial charge in [0.05, 0.1) is 5.69 Å². The highest BCUT2D eigenvalue weighted by molar-refractivity contribution is 9.10. The third kappa shape index (κ3) is 2.55. The smallest absolute Gasteiger partial charge is 0.214 e. The van der Waals surface area contributed by atoms with Crippen LogP contribution in [-0.2, 0) is 0 Å². The molecule has 1 N–H and O–H groups in total. The van der Waals surface area contributed by atoms with Gasteiger partial charge < -0.3 is 5.32 Å². The highest BCUT2D eigenvalue weighted by Crippen LogP contribution is 2.25. The van der Waals surface area contributed by atoms with Crippen molar-refractivity contribution in [2.45, 2.75) is 0 Å². The molecule has 0 saturated carbocycles. The SMILES string of the molecule is Fc1ccc(Br)c(Nc2cccc(F)n2)c1. The predicted octanol–water partition coefficient (Wildman–Crippen LogP) is 3.87. The summed E-state index contributed by atoms with van der Waals surface area (Å²) in [5.41, 5.74) is 0.498. The first-order valence-electron chi connectivity index (χ1n) is 4.50. The fraction of sp³-hybridized carbons (Fsp3) is 0. The molecule has 82 valence electrons. The lowest BCUT2D eigenvalue weighted by molar-refractivity contribution is 0.585. The molecule has 0 aliphatic heterocycles. The zero-order valence-electron chi connectivity index (χ0n) is 8.05. The second-order valence-corrected chi connectivity index (χ2v) is 3.95. The van der Waals surface area contributed by atoms with Crippen LogP contribution >= 0.6 is 15.9 Å². The number of nitrogens with one attached hydrogen (secondary N) is 1. The maximum atomic E-state index is 13.0. The van der Waals surface area contributed by atoms with Crippen molar-refractivity contribution in [3.05, 3.63) is 52.6 Å². The molecule has 1 heterocycles. The van der Waals surface area contributed by atoms with Gasteiger partial charge in [-0.3, -0.25) is 0 Å². The van der Waals surface area contributed by atoms with Crippen LogP contribution in [0.1, 0.15) is 0 Å². The van der Waals surface area contributed by atoms with Gasteiger partial charge in [0.2, 0.25) is 5.95 Å². The lowest BCUT2D eigenvalue weighted by Crippen LogP contribution is -1.96. The molecule has 2 nitrogen and oxygen atoms in total. The molecule has 1 aromatic carbocycles. The lowest BCUT2D eigenvalue weighted by atomic mass is 10.3. The van der Waals surface area contributed by atoms with Gasteiger partial charge in [-0.05, 0) is 46.3 Å². The van der Waals surface area contributed by atoms with Crippen LogP contribution < -0.4 is 5.32 Å². The van der Waals surface area contributed by atoms with Gasteiger partial charge in [0.25, 0.3) is 0 Å². The summed E-state index contributed by atoms with van der Waals surface area (Å²) in [4.78, 5) is 3.62. The van der Waals surface area contributed by atoms with Gasteiger partial charge in [0.15, 0.2) is 0 Å². The van der Waals surface area contributed by atoms with E-state index in [0.717, 1.165) is 0 Å². The molecular formula is C11H7BrF2N2. The minimum atomic E-state index is -0.586. The number of aromatic nitrogens is 1. The van der Waals surface area contributed by atoms with Gasteiger partial charge in [-0.1, -0.05) is 6.07 Å². The second-order valence-electron chi connectivity index (χ2n) is 3.09. The molecule has 0 bridgehead atoms. The van der Waals surface area contributed by atoms with Crippen molar-refractivity contribution in [3.8, 4) is 0 Å². The third-order valence-electron chi connectivity index (χ3n) is 1.91. The third-order valence-corrected chi connectivity index (χ3v) is 2.60. The first-order valence-corrected chi connectivity index (χ1v) is 5.29. The van der Waals surface area contributed by atoms with Crippen molar-refractivity contribution in [3.63, 3.8) is 0 Å². The Labute approximate surface area is 99.5 Å². The van der Waals surface area contributed by atoms with Crippen LogP contribution in [0.15, 0.2) is 40.9 Å². The number of pyridine rings is 1. The highest BCUT2D eigenvalue weighted by atomic mass is 79.9. The van der Waals surface area contributed by atoms with Crippen molar-refractivity contribution in [2.75, 3.05) is 5.32 Å². The number of benzene rings is 1. The van der Waals surface area contributed by atoms with E-state index in [4.69, 9.17) is 0 Å². The monoisotopic (exact) mass is 284 g/mol. The molecule has 16 heavy (non-hydrogen) atoms. The van der Waals surface area contributed by atoms with E-state index in [0.29, 0.717) is 16.0 Å². The fourth-order valence-corrected chi connectivity index (χ4v) is 1.55. The summed E-state index contributed by atoms with van der Waals surface area (Å²) >= 11 is 3.26. The van der Waals surface area contributed by atoms with Gasteiger partial charge in [-0.2, -0.15) is 4.39 Å². The predicted molar refractivity (Wildman–Crippen MR) is 61.6 cm³/mol. The fourth-order valence-electron chi connectivity index (χ4n) is 1.21. The van der Waals surface area contributed by atoms with Crippen molar-refractivity contribution >= 4 is 27.4 Å². The standard InChI is InChI=1S/C11H7BrF2N2/c12-8-5-4-7(13)6-9(8)15-11-3-1-2-10(14)16-11/h1-6H,(H,15,16). The molecule has 2 aromatic rings. The zero-order chi connectivity index (χ0) is 11.5. The Kier molecular flexibility index (Phi) is 3.14. The van der Waals surface area contributed by atoms with E-state index in [1.54, 1.807) is 12.1 Å². The Morgan fingerprint density at radius 3 is 2.69 bits per heavy atom. The molecule has 0 aliphatic carbocycles. The Morgan fingerprint density at radius 1 is 1.12 bits per heavy atom. The summed E-state index contributed by atoms with van der Waals surface area (Å²) < 4.78 is 26.5. The Balaban J connectivity index is 2.30. The summed E-state index contributed by atoms with van der Waals surface area (Å²) in [5.74, 6) is -0.633. The topological polar surface area (TPSA) is 24.9 Å². The molecule has 0 aliphatic rings. The molecular weight excluding hydrogens is 278 g/mol. The second kappa shape index (κ2) is 4.57. The quantitative estimate of drug-likeness (QED) is 0.847. The van der Waals surface area contributed by atoms with Crippen LogP contribution in [0.5, 0.6) is 0 Å². The van der Waals surface area contributed by atoms with Crippen molar-refractivity contribution < 1.29 is 8.78 Å². The van der Waals surface area contributed by atoms with E-state index in [9.17, 15) is 8.78 Å². The normalized spacial score (nSPS) is 10.2. The van der Waals surface area contributed by atoms with E-state index < -0.39 is 5.95 Å². The summed E-state index contributed by atoms with van der Waals surface area (Å²) in [6.07, 6.45) is 0. The van der Waals surface area contributed by atoms with Crippen LogP contribution in [-0.4, -0.2) is 4.98 Å². The minimum Gasteiger partial charge on any atom is -0.339 e. The highest BCUT2D eigenvalue weighted by Gasteiger charge is 2.03. The number of rotatable bonds is 2. The first-order chi connectivity index (χ1) is 7.65. The van der Waals surface area contributed by atoms with Crippen LogP contribution in [0.2, 0.25) is 0 Å². The van der Waals surface area contributed by atoms with Crippen LogP contribution in [0.25, 0.3) is 0 Å². The van der Waals surface area contributed by atoms with Gasteiger partial charge in [0.1, 0.15) is 11.6 Å². The van der Waals surface area contributed by atoms with Crippen LogP contribution in [0.4, 0.5) is 20.3 Å². The average Bonchev–Trinajstić information content (AvgIpc) is 2.24. The van der Waals surface area contributed by atoms with Gasteiger partial charge in [-0.25, -0.2) is 9.37 Å². The molecule has 1 aromatic heterocycles. The van der Waals surface area contributed by atoms with Crippen LogP contribution in [0.3, 0.4) is 0 Å². The Hall–Kier alpha value is -1.49. The van der Waals surface area contributed by atoms with Gasteiger partial charge in [-0.15, -0.1) is 0 Å². The Bertz CT molecular complexity index is 517. The maximum absolute atomic E-state index is 13.0. The van der Waals surface area contributed by atoms with Crippen molar-refractivity contribution in [2.24, 2.45) is 0 Å². The largest absolute Gasteiger partial charge is 0.339 e. The Morgan fingerprint density at radius 2 is 1.94 bits per heavy atom. The average molecular weight is 285 g/mol. The van der Waals surface area contributed by atoms with E-state index in [2.05, 4.69) is 26.2 Å². The minimum absolute atomic E-state index is 0.325. The summed E-state index contributed by atoms with van der Waals surface area (Å²) in [7, 11) is 0. The van der Waals surface area contributed by atoms with Crippen molar-refractivity contribution in [1.82, 2.24) is 4.98 Å². The maximum Gasteiger partial charge on any atom is 0.214 e. The lowest BCUT2D eigenvalue weighted by Gasteiger charge is -2.07. The summed E-state index contributed by atoms with van der Waals surface area (Å²) in [5, 5.41) is 2.82. The molecule has 0 unspecified atom stereocenters. The van der Waals surface area contributed by atoms with Crippen LogP contribution in [0, 0.1) is 11.8 Å². The number of hydrogen-bond donors (Lipinski definition) is 1. The van der Waals surface area contributed by atoms with E-state index >= 15 is 0 Å². The van der Waals surface area contributed by atoms with E-state index in [-0.39, 0.29) is 5.82 Å². The van der Waals surface area contributed by atoms with Gasteiger partial charge in [0, 0.05) is 4.47 Å². The zero-order valence-corrected chi connectivity index (χ0v) is 9.63. The number of anilines is 2. The number of hydrogen-bond acceptors (Lipinski definition) is 2. The molecule has 2 rings (SSSR count). The summed E-state index contributed by atoms with van der Waals surface area (Å²) in [6, 6.07) is 8.56. The molecule has 0 fully saturated rings. The number of nitrogens with zero attached hydrogens (tertiary/aromatic N) is 1. The van der Waals surface area contributed by atoms with Gasteiger partial charge >= 0.3 is 0 Å². The summed E-state index contributed by atoms with van der Waals surface area (Å²) in [6.45, 7) is 0. The van der Waals surface area contributed by atoms with E-state index in [1.165, 1.54) is 24.3 Å². The molecule has 0 radical (unpaired) electrons. The molecule has 0 atom stereocenters. The number of halogens is 3. The molecule has 5 heteroatoms.